The zero-order chi connectivity index (χ0) is 11.6. The Morgan fingerprint density at radius 2 is 2.13 bits per heavy atom. The van der Waals surface area contributed by atoms with Crippen molar-refractivity contribution in [3.8, 4) is 5.75 Å². The molecule has 5 heteroatoms. The van der Waals surface area contributed by atoms with Gasteiger partial charge in [-0.1, -0.05) is 0 Å². The summed E-state index contributed by atoms with van der Waals surface area (Å²) in [5.74, 6) is -0.769. The van der Waals surface area contributed by atoms with Crippen molar-refractivity contribution in [2.24, 2.45) is 0 Å². The summed E-state index contributed by atoms with van der Waals surface area (Å²) in [6.07, 6.45) is 1.42. The van der Waals surface area contributed by atoms with Crippen LogP contribution in [-0.2, 0) is 4.74 Å². The van der Waals surface area contributed by atoms with E-state index in [0.29, 0.717) is 0 Å². The Hall–Kier alpha value is -1.10. The predicted molar refractivity (Wildman–Crippen MR) is 58.8 cm³/mol. The molecule has 1 N–H and O–H groups in total. The van der Waals surface area contributed by atoms with Crippen molar-refractivity contribution in [2.45, 2.75) is 26.4 Å². The van der Waals surface area contributed by atoms with Crippen LogP contribution >= 0.6 is 15.9 Å². The standard InChI is InChI=1S/C10H12BrNO3/c1-10(2,3)15-9(14)6-4-5-12-8(11)7(6)13/h4-5,13H,1-3H3. The molecular formula is C10H12BrNO3. The van der Waals surface area contributed by atoms with Crippen LogP contribution in [0.4, 0.5) is 0 Å². The van der Waals surface area contributed by atoms with Crippen molar-refractivity contribution in [1.29, 1.82) is 0 Å². The first-order valence-electron chi connectivity index (χ1n) is 4.38. The van der Waals surface area contributed by atoms with Crippen molar-refractivity contribution >= 4 is 21.9 Å². The molecular weight excluding hydrogens is 262 g/mol. The monoisotopic (exact) mass is 273 g/mol. The maximum atomic E-state index is 11.6. The van der Waals surface area contributed by atoms with Crippen molar-refractivity contribution in [3.05, 3.63) is 22.4 Å². The minimum Gasteiger partial charge on any atom is -0.504 e. The predicted octanol–water partition coefficient (Wildman–Crippen LogP) is 2.51. The molecule has 1 rings (SSSR count). The zero-order valence-electron chi connectivity index (χ0n) is 8.74. The second kappa shape index (κ2) is 4.18. The van der Waals surface area contributed by atoms with Gasteiger partial charge in [-0.05, 0) is 42.8 Å². The van der Waals surface area contributed by atoms with Gasteiger partial charge in [-0.15, -0.1) is 0 Å². The largest absolute Gasteiger partial charge is 0.504 e. The number of aromatic nitrogens is 1. The van der Waals surface area contributed by atoms with E-state index >= 15 is 0 Å². The molecule has 0 spiro atoms. The molecule has 0 saturated heterocycles. The Bertz CT molecular complexity index is 385. The van der Waals surface area contributed by atoms with Crippen molar-refractivity contribution in [2.75, 3.05) is 0 Å². The van der Waals surface area contributed by atoms with Gasteiger partial charge < -0.3 is 9.84 Å². The highest BCUT2D eigenvalue weighted by Gasteiger charge is 2.21. The van der Waals surface area contributed by atoms with E-state index < -0.39 is 11.6 Å². The molecule has 1 aromatic heterocycles. The normalized spacial score (nSPS) is 11.2. The number of hydrogen-bond acceptors (Lipinski definition) is 4. The number of carbonyl (C=O) groups is 1. The third-order valence-corrected chi connectivity index (χ3v) is 2.08. The molecule has 82 valence electrons. The number of nitrogens with zero attached hydrogens (tertiary/aromatic N) is 1. The van der Waals surface area contributed by atoms with Gasteiger partial charge in [-0.25, -0.2) is 9.78 Å². The summed E-state index contributed by atoms with van der Waals surface area (Å²) < 4.78 is 5.34. The molecule has 0 aromatic carbocycles. The average molecular weight is 274 g/mol. The molecule has 0 fully saturated rings. The molecule has 0 amide bonds. The lowest BCUT2D eigenvalue weighted by Crippen LogP contribution is -2.24. The number of hydrogen-bond donors (Lipinski definition) is 1. The molecule has 15 heavy (non-hydrogen) atoms. The lowest BCUT2D eigenvalue weighted by Gasteiger charge is -2.19. The second-order valence-corrected chi connectivity index (χ2v) is 4.75. The summed E-state index contributed by atoms with van der Waals surface area (Å²) in [4.78, 5) is 15.4. The van der Waals surface area contributed by atoms with Gasteiger partial charge in [0, 0.05) is 6.20 Å². The molecule has 0 atom stereocenters. The van der Waals surface area contributed by atoms with E-state index in [1.165, 1.54) is 12.3 Å². The minimum atomic E-state index is -0.584. The molecule has 0 aliphatic heterocycles. The van der Waals surface area contributed by atoms with E-state index in [-0.39, 0.29) is 15.9 Å². The van der Waals surface area contributed by atoms with Crippen LogP contribution in [0.5, 0.6) is 5.75 Å². The molecule has 0 bridgehead atoms. The second-order valence-electron chi connectivity index (χ2n) is 4.00. The highest BCUT2D eigenvalue weighted by molar-refractivity contribution is 9.10. The Labute approximate surface area is 96.4 Å². The van der Waals surface area contributed by atoms with Gasteiger partial charge in [-0.2, -0.15) is 0 Å². The quantitative estimate of drug-likeness (QED) is 0.631. The molecule has 4 nitrogen and oxygen atoms in total. The third-order valence-electron chi connectivity index (χ3n) is 1.50. The fourth-order valence-corrected chi connectivity index (χ4v) is 1.26. The molecule has 0 aliphatic carbocycles. The fraction of sp³-hybridized carbons (Fsp3) is 0.400. The highest BCUT2D eigenvalue weighted by Crippen LogP contribution is 2.26. The van der Waals surface area contributed by atoms with Gasteiger partial charge in [0.25, 0.3) is 0 Å². The maximum absolute atomic E-state index is 11.6. The SMILES string of the molecule is CC(C)(C)OC(=O)c1ccnc(Br)c1O. The summed E-state index contributed by atoms with van der Waals surface area (Å²) in [5, 5.41) is 9.55. The number of pyridine rings is 1. The number of esters is 1. The topological polar surface area (TPSA) is 59.4 Å². The van der Waals surface area contributed by atoms with Crippen molar-refractivity contribution in [1.82, 2.24) is 4.98 Å². The molecule has 1 heterocycles. The number of halogens is 1. The Morgan fingerprint density at radius 3 is 2.67 bits per heavy atom. The van der Waals surface area contributed by atoms with Crippen molar-refractivity contribution in [3.63, 3.8) is 0 Å². The first kappa shape index (κ1) is 12.0. The maximum Gasteiger partial charge on any atom is 0.342 e. The van der Waals surface area contributed by atoms with E-state index in [1.54, 1.807) is 20.8 Å². The lowest BCUT2D eigenvalue weighted by molar-refractivity contribution is 0.00665. The van der Waals surface area contributed by atoms with Gasteiger partial charge in [0.1, 0.15) is 15.8 Å². The first-order chi connectivity index (χ1) is 6.81. The molecule has 0 radical (unpaired) electrons. The summed E-state index contributed by atoms with van der Waals surface area (Å²) in [5.41, 5.74) is -0.481. The number of aromatic hydroxyl groups is 1. The summed E-state index contributed by atoms with van der Waals surface area (Å²) in [7, 11) is 0. The summed E-state index contributed by atoms with van der Waals surface area (Å²) >= 11 is 3.03. The Kier molecular flexibility index (Phi) is 3.34. The highest BCUT2D eigenvalue weighted by atomic mass is 79.9. The molecule has 1 aromatic rings. The van der Waals surface area contributed by atoms with Crippen molar-refractivity contribution < 1.29 is 14.6 Å². The zero-order valence-corrected chi connectivity index (χ0v) is 10.3. The fourth-order valence-electron chi connectivity index (χ4n) is 0.926. The number of rotatable bonds is 1. The van der Waals surface area contributed by atoms with Crippen LogP contribution in [0.3, 0.4) is 0 Å². The van der Waals surface area contributed by atoms with Gasteiger partial charge in [-0.3, -0.25) is 0 Å². The van der Waals surface area contributed by atoms with E-state index in [9.17, 15) is 9.90 Å². The molecule has 0 unspecified atom stereocenters. The summed E-state index contributed by atoms with van der Waals surface area (Å²) in [6, 6.07) is 1.41. The number of ether oxygens (including phenoxy) is 1. The summed E-state index contributed by atoms with van der Waals surface area (Å²) in [6.45, 7) is 5.29. The Balaban J connectivity index is 2.97. The van der Waals surface area contributed by atoms with Crippen LogP contribution in [-0.4, -0.2) is 21.7 Å². The van der Waals surface area contributed by atoms with E-state index in [0.717, 1.165) is 0 Å². The smallest absolute Gasteiger partial charge is 0.342 e. The van der Waals surface area contributed by atoms with Crippen LogP contribution in [0, 0.1) is 0 Å². The minimum absolute atomic E-state index is 0.104. The van der Waals surface area contributed by atoms with Crippen LogP contribution in [0.15, 0.2) is 16.9 Å². The lowest BCUT2D eigenvalue weighted by atomic mass is 10.2. The molecule has 0 saturated carbocycles. The van der Waals surface area contributed by atoms with Gasteiger partial charge in [0.15, 0.2) is 5.75 Å². The number of carbonyl (C=O) groups excluding carboxylic acids is 1. The van der Waals surface area contributed by atoms with Crippen LogP contribution in [0.25, 0.3) is 0 Å². The Morgan fingerprint density at radius 1 is 1.53 bits per heavy atom. The van der Waals surface area contributed by atoms with Gasteiger partial charge in [0.2, 0.25) is 0 Å². The van der Waals surface area contributed by atoms with Crippen LogP contribution < -0.4 is 0 Å². The van der Waals surface area contributed by atoms with Gasteiger partial charge >= 0.3 is 5.97 Å². The van der Waals surface area contributed by atoms with Gasteiger partial charge in [0.05, 0.1) is 0 Å². The van der Waals surface area contributed by atoms with E-state index in [2.05, 4.69) is 20.9 Å². The van der Waals surface area contributed by atoms with Crippen LogP contribution in [0.2, 0.25) is 0 Å². The first-order valence-corrected chi connectivity index (χ1v) is 5.17. The third kappa shape index (κ3) is 3.20. The van der Waals surface area contributed by atoms with E-state index in [1.807, 2.05) is 0 Å². The van der Waals surface area contributed by atoms with E-state index in [4.69, 9.17) is 4.74 Å². The molecule has 0 aliphatic rings. The van der Waals surface area contributed by atoms with Crippen LogP contribution in [0.1, 0.15) is 31.1 Å². The average Bonchev–Trinajstić information content (AvgIpc) is 2.06.